The molecule has 0 bridgehead atoms. The SMILES string of the molecule is CCC1CCCCN1c1cc(N2CCN(c3cccc(Cl)c3)CC2)nc(C)n1. The molecule has 5 nitrogen and oxygen atoms in total. The van der Waals surface area contributed by atoms with E-state index in [-0.39, 0.29) is 0 Å². The van der Waals surface area contributed by atoms with Crippen molar-refractivity contribution < 1.29 is 0 Å². The minimum absolute atomic E-state index is 0.607. The normalized spacial score (nSPS) is 20.5. The smallest absolute Gasteiger partial charge is 0.134 e. The van der Waals surface area contributed by atoms with Crippen molar-refractivity contribution in [2.24, 2.45) is 0 Å². The van der Waals surface area contributed by atoms with E-state index >= 15 is 0 Å². The predicted octanol–water partition coefficient (Wildman–Crippen LogP) is 4.53. The first-order chi connectivity index (χ1) is 13.6. The lowest BCUT2D eigenvalue weighted by Gasteiger charge is -2.38. The van der Waals surface area contributed by atoms with Crippen molar-refractivity contribution >= 4 is 28.9 Å². The molecule has 0 radical (unpaired) electrons. The van der Waals surface area contributed by atoms with E-state index in [1.165, 1.54) is 31.4 Å². The largest absolute Gasteiger partial charge is 0.368 e. The van der Waals surface area contributed by atoms with Gasteiger partial charge in [-0.1, -0.05) is 24.6 Å². The molecule has 2 fully saturated rings. The number of hydrogen-bond donors (Lipinski definition) is 0. The number of halogens is 1. The van der Waals surface area contributed by atoms with Gasteiger partial charge in [0.2, 0.25) is 0 Å². The van der Waals surface area contributed by atoms with Crippen molar-refractivity contribution in [1.82, 2.24) is 9.97 Å². The monoisotopic (exact) mass is 399 g/mol. The second-order valence-electron chi connectivity index (χ2n) is 7.84. The highest BCUT2D eigenvalue weighted by molar-refractivity contribution is 6.30. The molecule has 28 heavy (non-hydrogen) atoms. The Hall–Kier alpha value is -2.01. The fraction of sp³-hybridized carbons (Fsp3) is 0.545. The summed E-state index contributed by atoms with van der Waals surface area (Å²) in [6.45, 7) is 9.27. The van der Waals surface area contributed by atoms with Gasteiger partial charge in [0.1, 0.15) is 17.5 Å². The molecule has 2 aromatic rings. The fourth-order valence-corrected chi connectivity index (χ4v) is 4.62. The van der Waals surface area contributed by atoms with Crippen molar-refractivity contribution in [3.05, 3.63) is 41.2 Å². The van der Waals surface area contributed by atoms with Crippen molar-refractivity contribution in [3.8, 4) is 0 Å². The number of piperazine rings is 1. The highest BCUT2D eigenvalue weighted by Gasteiger charge is 2.25. The Kier molecular flexibility index (Phi) is 5.90. The zero-order valence-corrected chi connectivity index (χ0v) is 17.7. The Morgan fingerprint density at radius 2 is 1.71 bits per heavy atom. The van der Waals surface area contributed by atoms with Crippen LogP contribution in [0.1, 0.15) is 38.4 Å². The predicted molar refractivity (Wildman–Crippen MR) is 118 cm³/mol. The Morgan fingerprint density at radius 3 is 2.46 bits per heavy atom. The van der Waals surface area contributed by atoms with Gasteiger partial charge in [0, 0.05) is 55.5 Å². The lowest BCUT2D eigenvalue weighted by atomic mass is 10.00. The molecule has 3 heterocycles. The first-order valence-electron chi connectivity index (χ1n) is 10.5. The molecule has 1 aromatic heterocycles. The molecule has 6 heteroatoms. The average molecular weight is 400 g/mol. The van der Waals surface area contributed by atoms with Crippen LogP contribution in [0.25, 0.3) is 0 Å². The van der Waals surface area contributed by atoms with E-state index in [1.54, 1.807) is 0 Å². The maximum Gasteiger partial charge on any atom is 0.134 e. The van der Waals surface area contributed by atoms with E-state index in [1.807, 2.05) is 25.1 Å². The highest BCUT2D eigenvalue weighted by atomic mass is 35.5. The summed E-state index contributed by atoms with van der Waals surface area (Å²) in [4.78, 5) is 16.8. The number of hydrogen-bond acceptors (Lipinski definition) is 5. The summed E-state index contributed by atoms with van der Waals surface area (Å²) in [5.74, 6) is 3.03. The van der Waals surface area contributed by atoms with Gasteiger partial charge >= 0.3 is 0 Å². The molecule has 1 unspecified atom stereocenters. The van der Waals surface area contributed by atoms with Crippen molar-refractivity contribution in [2.75, 3.05) is 47.4 Å². The standard InChI is InChI=1S/C22H30ClN5/c1-3-19-8-4-5-10-28(19)22-16-21(24-17(2)25-22)27-13-11-26(12-14-27)20-9-6-7-18(23)15-20/h6-7,9,15-16,19H,3-5,8,10-14H2,1-2H3. The molecule has 0 N–H and O–H groups in total. The number of rotatable bonds is 4. The highest BCUT2D eigenvalue weighted by Crippen LogP contribution is 2.28. The molecule has 2 aliphatic heterocycles. The molecule has 150 valence electrons. The Bertz CT molecular complexity index is 803. The number of aryl methyl sites for hydroxylation is 1. The quantitative estimate of drug-likeness (QED) is 0.754. The molecule has 1 atom stereocenters. The Balaban J connectivity index is 1.48. The summed E-state index contributed by atoms with van der Waals surface area (Å²) in [6, 6.07) is 10.9. The van der Waals surface area contributed by atoms with E-state index in [2.05, 4.69) is 33.8 Å². The van der Waals surface area contributed by atoms with Gasteiger partial charge in [0.25, 0.3) is 0 Å². The average Bonchev–Trinajstić information content (AvgIpc) is 2.73. The van der Waals surface area contributed by atoms with Crippen LogP contribution in [0.2, 0.25) is 5.02 Å². The fourth-order valence-electron chi connectivity index (χ4n) is 4.44. The first kappa shape index (κ1) is 19.3. The maximum absolute atomic E-state index is 6.16. The third-order valence-corrected chi connectivity index (χ3v) is 6.22. The van der Waals surface area contributed by atoms with Crippen molar-refractivity contribution in [2.45, 2.75) is 45.6 Å². The molecular weight excluding hydrogens is 370 g/mol. The molecular formula is C22H30ClN5. The van der Waals surface area contributed by atoms with Gasteiger partial charge in [-0.05, 0) is 50.8 Å². The summed E-state index contributed by atoms with van der Waals surface area (Å²) in [5.41, 5.74) is 1.20. The van der Waals surface area contributed by atoms with Gasteiger partial charge < -0.3 is 14.7 Å². The molecule has 0 spiro atoms. The van der Waals surface area contributed by atoms with Gasteiger partial charge in [-0.15, -0.1) is 0 Å². The molecule has 4 rings (SSSR count). The van der Waals surface area contributed by atoms with Crippen LogP contribution in [0.15, 0.2) is 30.3 Å². The molecule has 0 saturated carbocycles. The third kappa shape index (κ3) is 4.19. The Morgan fingerprint density at radius 1 is 0.964 bits per heavy atom. The minimum Gasteiger partial charge on any atom is -0.368 e. The van der Waals surface area contributed by atoms with Gasteiger partial charge in [-0.2, -0.15) is 0 Å². The van der Waals surface area contributed by atoms with E-state index in [9.17, 15) is 0 Å². The van der Waals surface area contributed by atoms with Crippen LogP contribution >= 0.6 is 11.6 Å². The van der Waals surface area contributed by atoms with Gasteiger partial charge in [-0.25, -0.2) is 9.97 Å². The van der Waals surface area contributed by atoms with Gasteiger partial charge in [-0.3, -0.25) is 0 Å². The molecule has 0 amide bonds. The lowest BCUT2D eigenvalue weighted by molar-refractivity contribution is 0.446. The lowest BCUT2D eigenvalue weighted by Crippen LogP contribution is -2.47. The number of nitrogens with zero attached hydrogens (tertiary/aromatic N) is 5. The minimum atomic E-state index is 0.607. The van der Waals surface area contributed by atoms with Gasteiger partial charge in [0.15, 0.2) is 0 Å². The van der Waals surface area contributed by atoms with Crippen molar-refractivity contribution in [3.63, 3.8) is 0 Å². The van der Waals surface area contributed by atoms with Crippen LogP contribution in [0.4, 0.5) is 17.3 Å². The molecule has 2 saturated heterocycles. The molecule has 0 aliphatic carbocycles. The van der Waals surface area contributed by atoms with Crippen LogP contribution in [-0.4, -0.2) is 48.7 Å². The number of aromatic nitrogens is 2. The van der Waals surface area contributed by atoms with Crippen LogP contribution < -0.4 is 14.7 Å². The van der Waals surface area contributed by atoms with Gasteiger partial charge in [0.05, 0.1) is 0 Å². The van der Waals surface area contributed by atoms with Crippen LogP contribution in [0, 0.1) is 6.92 Å². The topological polar surface area (TPSA) is 35.5 Å². The molecule has 2 aliphatic rings. The zero-order chi connectivity index (χ0) is 19.5. The van der Waals surface area contributed by atoms with E-state index in [0.29, 0.717) is 6.04 Å². The van der Waals surface area contributed by atoms with Crippen LogP contribution in [0.3, 0.4) is 0 Å². The van der Waals surface area contributed by atoms with Crippen LogP contribution in [0.5, 0.6) is 0 Å². The van der Waals surface area contributed by atoms with E-state index in [0.717, 1.165) is 55.2 Å². The summed E-state index contributed by atoms with van der Waals surface area (Å²) in [7, 11) is 0. The zero-order valence-electron chi connectivity index (χ0n) is 16.9. The summed E-state index contributed by atoms with van der Waals surface area (Å²) in [5, 5.41) is 0.794. The van der Waals surface area contributed by atoms with E-state index < -0.39 is 0 Å². The van der Waals surface area contributed by atoms with E-state index in [4.69, 9.17) is 21.6 Å². The van der Waals surface area contributed by atoms with Crippen molar-refractivity contribution in [1.29, 1.82) is 0 Å². The Labute approximate surface area is 173 Å². The molecule has 1 aromatic carbocycles. The number of anilines is 3. The second kappa shape index (κ2) is 8.56. The summed E-state index contributed by atoms with van der Waals surface area (Å²) in [6.07, 6.45) is 5.04. The summed E-state index contributed by atoms with van der Waals surface area (Å²) < 4.78 is 0. The first-order valence-corrected chi connectivity index (χ1v) is 10.9. The third-order valence-electron chi connectivity index (χ3n) is 5.98. The maximum atomic E-state index is 6.16. The number of benzene rings is 1. The summed E-state index contributed by atoms with van der Waals surface area (Å²) >= 11 is 6.16. The number of piperidine rings is 1. The van der Waals surface area contributed by atoms with Crippen LogP contribution in [-0.2, 0) is 0 Å². The second-order valence-corrected chi connectivity index (χ2v) is 8.27.